The maximum Gasteiger partial charge on any atom is 0.407 e. The fraction of sp³-hybridized carbons (Fsp3) is 0.875. The van der Waals surface area contributed by atoms with Gasteiger partial charge in [-0.3, -0.25) is 10.1 Å². The van der Waals surface area contributed by atoms with E-state index in [0.717, 1.165) is 19.3 Å². The van der Waals surface area contributed by atoms with E-state index in [9.17, 15) is 14.4 Å². The summed E-state index contributed by atoms with van der Waals surface area (Å²) in [6.07, 6.45) is 8.17. The Balaban J connectivity index is 1.45. The summed E-state index contributed by atoms with van der Waals surface area (Å²) in [5.41, 5.74) is -0.852. The van der Waals surface area contributed by atoms with Gasteiger partial charge in [0.1, 0.15) is 11.7 Å². The second kappa shape index (κ2) is 12.0. The molecule has 3 heterocycles. The maximum absolute atomic E-state index is 13.5. The predicted molar refractivity (Wildman–Crippen MR) is 140 cm³/mol. The molecule has 35 heavy (non-hydrogen) atoms. The molecular weight excluding hydrogens is 486 g/mol. The lowest BCUT2D eigenvalue weighted by Crippen LogP contribution is -2.59. The molecule has 4 fully saturated rings. The summed E-state index contributed by atoms with van der Waals surface area (Å²) in [5.74, 6) is 0.456. The number of thioether (sulfide) groups is 2. The molecule has 0 aromatic carbocycles. The third-order valence-electron chi connectivity index (χ3n) is 7.99. The van der Waals surface area contributed by atoms with Gasteiger partial charge in [-0.1, -0.05) is 19.3 Å². The lowest BCUT2D eigenvalue weighted by atomic mass is 9.78. The minimum absolute atomic E-state index is 0.0899. The van der Waals surface area contributed by atoms with Crippen molar-refractivity contribution < 1.29 is 19.1 Å². The fourth-order valence-corrected chi connectivity index (χ4v) is 9.34. The van der Waals surface area contributed by atoms with Gasteiger partial charge in [-0.05, 0) is 59.2 Å². The zero-order valence-corrected chi connectivity index (χ0v) is 22.7. The minimum Gasteiger partial charge on any atom is -0.450 e. The molecule has 4 N–H and O–H groups in total. The first-order valence-electron chi connectivity index (χ1n) is 13.0. The van der Waals surface area contributed by atoms with Crippen molar-refractivity contribution in [2.45, 2.75) is 85.3 Å². The molecule has 0 aromatic heterocycles. The highest BCUT2D eigenvalue weighted by Gasteiger charge is 2.52. The van der Waals surface area contributed by atoms with E-state index < -0.39 is 11.5 Å². The van der Waals surface area contributed by atoms with Gasteiger partial charge in [0.25, 0.3) is 0 Å². The van der Waals surface area contributed by atoms with Gasteiger partial charge in [0, 0.05) is 23.9 Å². The summed E-state index contributed by atoms with van der Waals surface area (Å²) >= 11 is 3.34. The summed E-state index contributed by atoms with van der Waals surface area (Å²) in [7, 11) is 4.17. The van der Waals surface area contributed by atoms with E-state index in [1.54, 1.807) is 30.4 Å². The number of fused-ring (bicyclic) bond motifs is 1. The fourth-order valence-electron chi connectivity index (χ4n) is 6.03. The Morgan fingerprint density at radius 3 is 2.63 bits per heavy atom. The molecular formula is C24H41N5O4S2. The number of aldehydes is 1. The zero-order chi connectivity index (χ0) is 25.0. The molecule has 9 nitrogen and oxygen atoms in total. The molecule has 7 unspecified atom stereocenters. The van der Waals surface area contributed by atoms with Crippen molar-refractivity contribution in [1.82, 2.24) is 26.2 Å². The van der Waals surface area contributed by atoms with E-state index in [1.165, 1.54) is 32.1 Å². The standard InChI is InChI=1S/C24H41N5O4S2/c1-4-33-23(32)26-13-24(14-30)12-17(15-8-6-5-7-9-15)34-22(24)28-19(31)21-27-18-16(29(2)3)10-11-25-20(18)35-21/h14-18,20-22,25,27H,4-13H2,1-3H3,(H,26,32)(H,28,31). The Morgan fingerprint density at radius 2 is 1.94 bits per heavy atom. The Kier molecular flexibility index (Phi) is 9.29. The average Bonchev–Trinajstić information content (AvgIpc) is 3.45. The van der Waals surface area contributed by atoms with Gasteiger partial charge in [0.05, 0.1) is 22.8 Å². The number of carbonyl (C=O) groups is 3. The van der Waals surface area contributed by atoms with Crippen molar-refractivity contribution in [2.75, 3.05) is 33.8 Å². The normalized spacial score (nSPS) is 37.6. The molecule has 0 aromatic rings. The van der Waals surface area contributed by atoms with Gasteiger partial charge in [0.2, 0.25) is 5.91 Å². The monoisotopic (exact) mass is 527 g/mol. The van der Waals surface area contributed by atoms with Crippen LogP contribution in [0.25, 0.3) is 0 Å². The van der Waals surface area contributed by atoms with Crippen molar-refractivity contribution in [3.8, 4) is 0 Å². The maximum atomic E-state index is 13.5. The molecule has 4 rings (SSSR count). The number of alkyl carbamates (subject to hydrolysis) is 1. The van der Waals surface area contributed by atoms with Crippen LogP contribution in [0.4, 0.5) is 4.79 Å². The quantitative estimate of drug-likeness (QED) is 0.351. The van der Waals surface area contributed by atoms with Crippen LogP contribution in [0.15, 0.2) is 0 Å². The predicted octanol–water partition coefficient (Wildman–Crippen LogP) is 1.73. The van der Waals surface area contributed by atoms with Crippen LogP contribution in [-0.4, -0.2) is 90.4 Å². The smallest absolute Gasteiger partial charge is 0.407 e. The van der Waals surface area contributed by atoms with Crippen LogP contribution in [0.5, 0.6) is 0 Å². The number of rotatable bonds is 8. The van der Waals surface area contributed by atoms with Crippen molar-refractivity contribution in [2.24, 2.45) is 11.3 Å². The Labute approximate surface area is 217 Å². The van der Waals surface area contributed by atoms with E-state index in [0.29, 0.717) is 23.6 Å². The number of amides is 2. The molecule has 0 bridgehead atoms. The number of ether oxygens (including phenoxy) is 1. The summed E-state index contributed by atoms with van der Waals surface area (Å²) in [6, 6.07) is 0.554. The van der Waals surface area contributed by atoms with Crippen LogP contribution >= 0.6 is 23.5 Å². The van der Waals surface area contributed by atoms with Crippen molar-refractivity contribution in [3.05, 3.63) is 0 Å². The highest BCUT2D eigenvalue weighted by Crippen LogP contribution is 2.50. The van der Waals surface area contributed by atoms with Crippen LogP contribution in [0, 0.1) is 11.3 Å². The van der Waals surface area contributed by atoms with Gasteiger partial charge >= 0.3 is 6.09 Å². The molecule has 1 aliphatic carbocycles. The molecule has 3 aliphatic heterocycles. The van der Waals surface area contributed by atoms with Crippen molar-refractivity contribution in [3.63, 3.8) is 0 Å². The van der Waals surface area contributed by atoms with Gasteiger partial charge in [0.15, 0.2) is 0 Å². The first kappa shape index (κ1) is 27.0. The number of likely N-dealkylation sites (N-methyl/N-ethyl adjacent to an activating group) is 1. The molecule has 0 spiro atoms. The number of hydrogen-bond acceptors (Lipinski definition) is 9. The largest absolute Gasteiger partial charge is 0.450 e. The van der Waals surface area contributed by atoms with Crippen LogP contribution < -0.4 is 21.3 Å². The Morgan fingerprint density at radius 1 is 1.17 bits per heavy atom. The van der Waals surface area contributed by atoms with E-state index in [1.807, 2.05) is 0 Å². The molecule has 4 aliphatic rings. The molecule has 3 saturated heterocycles. The summed E-state index contributed by atoms with van der Waals surface area (Å²) < 4.78 is 5.03. The first-order chi connectivity index (χ1) is 16.9. The van der Waals surface area contributed by atoms with Crippen LogP contribution in [0.3, 0.4) is 0 Å². The highest BCUT2D eigenvalue weighted by atomic mass is 32.2. The SMILES string of the molecule is CCOC(=O)NCC1(C=O)CC(C2CCCCC2)SC1NC(=O)C1NC2C(NCCC2N(C)C)S1. The number of nitrogens with one attached hydrogen (secondary N) is 4. The molecule has 198 valence electrons. The number of hydrogen-bond donors (Lipinski definition) is 4. The molecule has 7 atom stereocenters. The molecule has 2 amide bonds. The minimum atomic E-state index is -0.852. The van der Waals surface area contributed by atoms with E-state index in [4.69, 9.17) is 4.74 Å². The molecule has 0 radical (unpaired) electrons. The van der Waals surface area contributed by atoms with Gasteiger partial charge in [-0.2, -0.15) is 0 Å². The third kappa shape index (κ3) is 6.11. The second-order valence-electron chi connectivity index (χ2n) is 10.5. The topological polar surface area (TPSA) is 112 Å². The number of piperidine rings is 1. The van der Waals surface area contributed by atoms with E-state index in [-0.39, 0.29) is 41.2 Å². The number of carbonyl (C=O) groups excluding carboxylic acids is 3. The van der Waals surface area contributed by atoms with E-state index >= 15 is 0 Å². The van der Waals surface area contributed by atoms with Crippen LogP contribution in [0.1, 0.15) is 51.9 Å². The second-order valence-corrected chi connectivity index (χ2v) is 13.1. The van der Waals surface area contributed by atoms with Gasteiger partial charge < -0.3 is 30.4 Å². The average molecular weight is 528 g/mol. The lowest BCUT2D eigenvalue weighted by molar-refractivity contribution is -0.123. The van der Waals surface area contributed by atoms with Gasteiger partial charge in [-0.15, -0.1) is 23.5 Å². The lowest BCUT2D eigenvalue weighted by Gasteiger charge is -2.37. The van der Waals surface area contributed by atoms with Crippen molar-refractivity contribution >= 4 is 41.8 Å². The van der Waals surface area contributed by atoms with Crippen LogP contribution in [0.2, 0.25) is 0 Å². The third-order valence-corrected chi connectivity index (χ3v) is 11.1. The van der Waals surface area contributed by atoms with Crippen LogP contribution in [-0.2, 0) is 14.3 Å². The number of nitrogens with zero attached hydrogens (tertiary/aromatic N) is 1. The first-order valence-corrected chi connectivity index (χ1v) is 14.9. The Hall–Kier alpha value is -1.01. The highest BCUT2D eigenvalue weighted by molar-refractivity contribution is 8.01. The van der Waals surface area contributed by atoms with Crippen molar-refractivity contribution in [1.29, 1.82) is 0 Å². The summed E-state index contributed by atoms with van der Waals surface area (Å²) in [6.45, 7) is 3.12. The summed E-state index contributed by atoms with van der Waals surface area (Å²) in [4.78, 5) is 40.3. The zero-order valence-electron chi connectivity index (χ0n) is 21.1. The van der Waals surface area contributed by atoms with E-state index in [2.05, 4.69) is 40.3 Å². The summed E-state index contributed by atoms with van der Waals surface area (Å²) in [5, 5.41) is 12.8. The molecule has 11 heteroatoms. The Bertz CT molecular complexity index is 768. The molecule has 1 saturated carbocycles. The van der Waals surface area contributed by atoms with Gasteiger partial charge in [-0.25, -0.2) is 4.79 Å².